The van der Waals surface area contributed by atoms with Gasteiger partial charge in [-0.05, 0) is 62.6 Å². The number of aromatic nitrogens is 3. The predicted molar refractivity (Wildman–Crippen MR) is 144 cm³/mol. The fourth-order valence-corrected chi connectivity index (χ4v) is 4.33. The van der Waals surface area contributed by atoms with Crippen molar-refractivity contribution >= 4 is 16.9 Å². The molecule has 35 heavy (non-hydrogen) atoms. The summed E-state index contributed by atoms with van der Waals surface area (Å²) in [6, 6.07) is 11.9. The van der Waals surface area contributed by atoms with Crippen LogP contribution in [0.4, 0.5) is 0 Å². The van der Waals surface area contributed by atoms with E-state index in [2.05, 4.69) is 35.5 Å². The molecule has 1 aromatic carbocycles. The van der Waals surface area contributed by atoms with Crippen LogP contribution in [0.3, 0.4) is 0 Å². The zero-order valence-corrected chi connectivity index (χ0v) is 21.3. The number of hydrogen-bond acceptors (Lipinski definition) is 4. The molecule has 1 atom stereocenters. The average molecular weight is 472 g/mol. The summed E-state index contributed by atoms with van der Waals surface area (Å²) >= 11 is 0. The minimum absolute atomic E-state index is 0.0201. The molecule has 2 aromatic heterocycles. The normalized spacial score (nSPS) is 13.4. The number of carbonyl (C=O) groups excluding carboxylic acids is 1. The second kappa shape index (κ2) is 12.8. The molecule has 0 aliphatic heterocycles. The van der Waals surface area contributed by atoms with Gasteiger partial charge in [-0.2, -0.15) is 0 Å². The molecule has 184 valence electrons. The SMILES string of the molecule is C\C=C/C(=C\C=C\C)C(=O)N(CCCN)C(c1nc2ccccc2n1Cc1cccnc1)C(C)C. The van der Waals surface area contributed by atoms with Gasteiger partial charge in [0.25, 0.3) is 5.91 Å². The quantitative estimate of drug-likeness (QED) is 0.299. The molecule has 0 aliphatic carbocycles. The van der Waals surface area contributed by atoms with Gasteiger partial charge < -0.3 is 15.2 Å². The van der Waals surface area contributed by atoms with Crippen LogP contribution < -0.4 is 5.73 Å². The maximum Gasteiger partial charge on any atom is 0.254 e. The third-order valence-electron chi connectivity index (χ3n) is 5.90. The maximum absolute atomic E-state index is 13.9. The van der Waals surface area contributed by atoms with E-state index < -0.39 is 0 Å². The third kappa shape index (κ3) is 6.34. The fraction of sp³-hybridized carbons (Fsp3) is 0.345. The number of allylic oxidation sites excluding steroid dienone is 4. The fourth-order valence-electron chi connectivity index (χ4n) is 4.33. The molecule has 2 N–H and O–H groups in total. The van der Waals surface area contributed by atoms with Crippen LogP contribution in [0.1, 0.15) is 51.5 Å². The molecule has 0 fully saturated rings. The van der Waals surface area contributed by atoms with Crippen LogP contribution in [0.15, 0.2) is 84.7 Å². The average Bonchev–Trinajstić information content (AvgIpc) is 3.21. The third-order valence-corrected chi connectivity index (χ3v) is 5.90. The van der Waals surface area contributed by atoms with E-state index in [0.717, 1.165) is 22.4 Å². The lowest BCUT2D eigenvalue weighted by Gasteiger charge is -2.35. The Morgan fingerprint density at radius 3 is 2.60 bits per heavy atom. The Balaban J connectivity index is 2.17. The highest BCUT2D eigenvalue weighted by Gasteiger charge is 2.33. The Kier molecular flexibility index (Phi) is 9.56. The smallest absolute Gasteiger partial charge is 0.254 e. The van der Waals surface area contributed by atoms with Crippen LogP contribution in [-0.4, -0.2) is 38.4 Å². The van der Waals surface area contributed by atoms with Gasteiger partial charge in [0.15, 0.2) is 0 Å². The maximum atomic E-state index is 13.9. The molecular weight excluding hydrogens is 434 g/mol. The lowest BCUT2D eigenvalue weighted by molar-refractivity contribution is -0.130. The Morgan fingerprint density at radius 1 is 1.14 bits per heavy atom. The Morgan fingerprint density at radius 2 is 1.94 bits per heavy atom. The van der Waals surface area contributed by atoms with Crippen LogP contribution in [0, 0.1) is 5.92 Å². The van der Waals surface area contributed by atoms with Crippen molar-refractivity contribution in [3.63, 3.8) is 0 Å². The number of rotatable bonds is 11. The van der Waals surface area contributed by atoms with E-state index >= 15 is 0 Å². The predicted octanol–water partition coefficient (Wildman–Crippen LogP) is 5.43. The van der Waals surface area contributed by atoms with Crippen molar-refractivity contribution in [1.29, 1.82) is 0 Å². The number of nitrogens with two attached hydrogens (primary N) is 1. The Labute approximate surface area is 208 Å². The minimum Gasteiger partial charge on any atom is -0.330 e. The highest BCUT2D eigenvalue weighted by atomic mass is 16.2. The molecular formula is C29H37N5O. The molecule has 1 unspecified atom stereocenters. The van der Waals surface area contributed by atoms with Crippen molar-refractivity contribution in [2.75, 3.05) is 13.1 Å². The second-order valence-corrected chi connectivity index (χ2v) is 8.88. The first kappa shape index (κ1) is 26.1. The lowest BCUT2D eigenvalue weighted by atomic mass is 9.99. The van der Waals surface area contributed by atoms with Gasteiger partial charge in [-0.1, -0.05) is 56.4 Å². The number of hydrogen-bond donors (Lipinski definition) is 1. The van der Waals surface area contributed by atoms with Gasteiger partial charge in [-0.15, -0.1) is 0 Å². The number of benzene rings is 1. The van der Waals surface area contributed by atoms with Gasteiger partial charge >= 0.3 is 0 Å². The van der Waals surface area contributed by atoms with Crippen molar-refractivity contribution < 1.29 is 4.79 Å². The number of imidazole rings is 1. The number of fused-ring (bicyclic) bond motifs is 1. The molecule has 0 aliphatic rings. The zero-order chi connectivity index (χ0) is 25.2. The summed E-state index contributed by atoms with van der Waals surface area (Å²) < 4.78 is 2.23. The van der Waals surface area contributed by atoms with Gasteiger partial charge in [-0.25, -0.2) is 4.98 Å². The molecule has 0 saturated heterocycles. The molecule has 6 nitrogen and oxygen atoms in total. The van der Waals surface area contributed by atoms with Gasteiger partial charge in [-0.3, -0.25) is 9.78 Å². The molecule has 3 aromatic rings. The number of carbonyl (C=O) groups is 1. The first-order valence-corrected chi connectivity index (χ1v) is 12.3. The van der Waals surface area contributed by atoms with E-state index in [1.165, 1.54) is 0 Å². The van der Waals surface area contributed by atoms with Gasteiger partial charge in [0, 0.05) is 24.5 Å². The summed E-state index contributed by atoms with van der Waals surface area (Å²) in [4.78, 5) is 25.3. The van der Waals surface area contributed by atoms with E-state index in [1.54, 1.807) is 6.20 Å². The number of para-hydroxylation sites is 2. The van der Waals surface area contributed by atoms with Crippen LogP contribution in [0.25, 0.3) is 11.0 Å². The summed E-state index contributed by atoms with van der Waals surface area (Å²) in [5.41, 5.74) is 9.58. The first-order valence-electron chi connectivity index (χ1n) is 12.3. The number of pyridine rings is 1. The summed E-state index contributed by atoms with van der Waals surface area (Å²) in [5.74, 6) is 0.990. The van der Waals surface area contributed by atoms with E-state index in [0.29, 0.717) is 31.6 Å². The van der Waals surface area contributed by atoms with Crippen molar-refractivity contribution in [1.82, 2.24) is 19.4 Å². The van der Waals surface area contributed by atoms with Gasteiger partial charge in [0.05, 0.1) is 23.6 Å². The summed E-state index contributed by atoms with van der Waals surface area (Å²) in [6.45, 7) is 9.85. The van der Waals surface area contributed by atoms with Crippen molar-refractivity contribution in [3.8, 4) is 0 Å². The minimum atomic E-state index is -0.225. The molecule has 0 bridgehead atoms. The van der Waals surface area contributed by atoms with E-state index in [1.807, 2.05) is 79.6 Å². The van der Waals surface area contributed by atoms with Gasteiger partial charge in [0.2, 0.25) is 0 Å². The van der Waals surface area contributed by atoms with E-state index in [-0.39, 0.29) is 17.9 Å². The summed E-state index contributed by atoms with van der Waals surface area (Å²) in [6.07, 6.45) is 13.8. The number of amides is 1. The molecule has 0 saturated carbocycles. The van der Waals surface area contributed by atoms with Gasteiger partial charge in [0.1, 0.15) is 5.82 Å². The number of nitrogens with zero attached hydrogens (tertiary/aromatic N) is 4. The lowest BCUT2D eigenvalue weighted by Crippen LogP contribution is -2.40. The topological polar surface area (TPSA) is 77.0 Å². The summed E-state index contributed by atoms with van der Waals surface area (Å²) in [7, 11) is 0. The Bertz CT molecular complexity index is 1190. The summed E-state index contributed by atoms with van der Waals surface area (Å²) in [5, 5.41) is 0. The second-order valence-electron chi connectivity index (χ2n) is 8.88. The molecule has 6 heteroatoms. The highest BCUT2D eigenvalue weighted by Crippen LogP contribution is 2.33. The van der Waals surface area contributed by atoms with Crippen molar-refractivity contribution in [3.05, 3.63) is 96.1 Å². The van der Waals surface area contributed by atoms with Crippen molar-refractivity contribution in [2.24, 2.45) is 11.7 Å². The monoisotopic (exact) mass is 471 g/mol. The largest absolute Gasteiger partial charge is 0.330 e. The molecule has 1 amide bonds. The highest BCUT2D eigenvalue weighted by molar-refractivity contribution is 5.96. The van der Waals surface area contributed by atoms with Crippen LogP contribution in [-0.2, 0) is 11.3 Å². The molecule has 0 spiro atoms. The van der Waals surface area contributed by atoms with E-state index in [4.69, 9.17) is 10.7 Å². The standard InChI is InChI=1S/C29H37N5O/c1-5-7-14-24(12-6-2)29(35)33(19-11-17-30)27(22(3)4)28-32-25-15-8-9-16-26(25)34(28)21-23-13-10-18-31-20-23/h5-10,12-16,18,20,22,27H,11,17,19,21,30H2,1-4H3/b7-5+,12-6-,24-14+. The van der Waals surface area contributed by atoms with Crippen LogP contribution in [0.2, 0.25) is 0 Å². The van der Waals surface area contributed by atoms with Crippen LogP contribution >= 0.6 is 0 Å². The zero-order valence-electron chi connectivity index (χ0n) is 21.3. The van der Waals surface area contributed by atoms with Crippen molar-refractivity contribution in [2.45, 2.75) is 46.7 Å². The molecule has 0 radical (unpaired) electrons. The molecule has 3 rings (SSSR count). The molecule has 2 heterocycles. The van der Waals surface area contributed by atoms with E-state index in [9.17, 15) is 4.79 Å². The Hall–Kier alpha value is -3.51. The first-order chi connectivity index (χ1) is 17.0. The van der Waals surface area contributed by atoms with Crippen LogP contribution in [0.5, 0.6) is 0 Å².